The lowest BCUT2D eigenvalue weighted by Crippen LogP contribution is -2.35. The number of nitrogens with zero attached hydrogens (tertiary/aromatic N) is 5. The molecule has 0 radical (unpaired) electrons. The molecule has 0 fully saturated rings. The highest BCUT2D eigenvalue weighted by atomic mass is 16.5. The smallest absolute Gasteiger partial charge is 0.267 e. The molecule has 1 atom stereocenters. The number of ether oxygens (including phenoxy) is 1. The average Bonchev–Trinajstić information content (AvgIpc) is 3.20. The number of nitrogens with one attached hydrogen (secondary N) is 1. The number of amides is 1. The Morgan fingerprint density at radius 1 is 1.10 bits per heavy atom. The van der Waals surface area contributed by atoms with Crippen LogP contribution >= 0.6 is 0 Å². The molecular formula is C21H20N6O3. The Morgan fingerprint density at radius 2 is 1.90 bits per heavy atom. The molecule has 9 heteroatoms. The third-order valence-corrected chi connectivity index (χ3v) is 4.65. The molecule has 1 amide bonds. The van der Waals surface area contributed by atoms with Gasteiger partial charge in [-0.15, -0.1) is 10.2 Å². The first-order chi connectivity index (χ1) is 14.5. The van der Waals surface area contributed by atoms with Crippen LogP contribution in [0, 0.1) is 0 Å². The summed E-state index contributed by atoms with van der Waals surface area (Å²) in [5.41, 5.74) is 1.73. The van der Waals surface area contributed by atoms with Gasteiger partial charge in [0.15, 0.2) is 11.5 Å². The van der Waals surface area contributed by atoms with E-state index in [9.17, 15) is 9.59 Å². The molecule has 4 aromatic rings. The van der Waals surface area contributed by atoms with E-state index >= 15 is 0 Å². The molecule has 0 saturated heterocycles. The molecule has 0 aliphatic carbocycles. The fourth-order valence-corrected chi connectivity index (χ4v) is 3.12. The van der Waals surface area contributed by atoms with Crippen LogP contribution in [-0.4, -0.2) is 37.4 Å². The van der Waals surface area contributed by atoms with Crippen molar-refractivity contribution in [2.45, 2.75) is 19.5 Å². The second-order valence-electron chi connectivity index (χ2n) is 6.72. The summed E-state index contributed by atoms with van der Waals surface area (Å²) < 4.78 is 8.10. The molecule has 0 unspecified atom stereocenters. The minimum Gasteiger partial charge on any atom is -0.497 e. The summed E-state index contributed by atoms with van der Waals surface area (Å²) in [7, 11) is 1.59. The summed E-state index contributed by atoms with van der Waals surface area (Å²) in [6.07, 6.45) is 1.83. The topological polar surface area (TPSA) is 103 Å². The van der Waals surface area contributed by atoms with E-state index in [1.807, 2.05) is 55.6 Å². The van der Waals surface area contributed by atoms with Crippen LogP contribution in [0.25, 0.3) is 16.9 Å². The number of fused-ring (bicyclic) bond motifs is 1. The number of pyridine rings is 1. The maximum absolute atomic E-state index is 12.6. The van der Waals surface area contributed by atoms with Crippen LogP contribution in [0.1, 0.15) is 18.8 Å². The summed E-state index contributed by atoms with van der Waals surface area (Å²) in [6, 6.07) is 15.5. The molecular weight excluding hydrogens is 384 g/mol. The standard InChI is InChI=1S/C21H20N6O3/c1-14(21-24-23-18-5-3-4-12-26(18)21)22-19(28)13-27-20(29)11-10-17(25-27)15-6-8-16(30-2)9-7-15/h3-12,14H,13H2,1-2H3,(H,22,28)/t14-/m1/s1. The molecule has 0 aliphatic rings. The maximum atomic E-state index is 12.6. The Morgan fingerprint density at radius 3 is 2.67 bits per heavy atom. The highest BCUT2D eigenvalue weighted by molar-refractivity contribution is 5.76. The third kappa shape index (κ3) is 3.90. The molecule has 0 saturated carbocycles. The van der Waals surface area contributed by atoms with E-state index in [0.717, 1.165) is 16.0 Å². The monoisotopic (exact) mass is 404 g/mol. The van der Waals surface area contributed by atoms with Gasteiger partial charge in [0, 0.05) is 17.8 Å². The Hall–Kier alpha value is -4.01. The molecule has 0 spiro atoms. The molecule has 0 aliphatic heterocycles. The van der Waals surface area contributed by atoms with Gasteiger partial charge in [0.1, 0.15) is 12.3 Å². The van der Waals surface area contributed by atoms with E-state index in [0.29, 0.717) is 17.2 Å². The zero-order chi connectivity index (χ0) is 21.1. The normalized spacial score (nSPS) is 11.9. The number of rotatable bonds is 6. The van der Waals surface area contributed by atoms with Crippen molar-refractivity contribution in [3.05, 3.63) is 77.0 Å². The second kappa shape index (κ2) is 8.16. The van der Waals surface area contributed by atoms with E-state index in [1.165, 1.54) is 6.07 Å². The van der Waals surface area contributed by atoms with Crippen molar-refractivity contribution < 1.29 is 9.53 Å². The quantitative estimate of drug-likeness (QED) is 0.526. The Labute approximate surface area is 172 Å². The molecule has 4 rings (SSSR count). The summed E-state index contributed by atoms with van der Waals surface area (Å²) in [4.78, 5) is 24.8. The van der Waals surface area contributed by atoms with E-state index in [2.05, 4.69) is 20.6 Å². The molecule has 0 bridgehead atoms. The summed E-state index contributed by atoms with van der Waals surface area (Å²) in [5, 5.41) is 15.4. The Bertz CT molecular complexity index is 1250. The number of aromatic nitrogens is 5. The third-order valence-electron chi connectivity index (χ3n) is 4.65. The Kier molecular flexibility index (Phi) is 5.25. The van der Waals surface area contributed by atoms with Gasteiger partial charge in [0.25, 0.3) is 5.56 Å². The molecule has 3 heterocycles. The van der Waals surface area contributed by atoms with Crippen LogP contribution in [0.3, 0.4) is 0 Å². The average molecular weight is 404 g/mol. The van der Waals surface area contributed by atoms with E-state index < -0.39 is 6.04 Å². The first kappa shape index (κ1) is 19.3. The molecule has 152 valence electrons. The van der Waals surface area contributed by atoms with Gasteiger partial charge < -0.3 is 10.1 Å². The van der Waals surface area contributed by atoms with Gasteiger partial charge in [-0.25, -0.2) is 4.68 Å². The molecule has 3 aromatic heterocycles. The largest absolute Gasteiger partial charge is 0.497 e. The first-order valence-electron chi connectivity index (χ1n) is 9.37. The lowest BCUT2D eigenvalue weighted by atomic mass is 10.1. The fraction of sp³-hybridized carbons (Fsp3) is 0.190. The number of hydrogen-bond donors (Lipinski definition) is 1. The minimum atomic E-state index is -0.393. The van der Waals surface area contributed by atoms with Crippen molar-refractivity contribution in [3.8, 4) is 17.0 Å². The second-order valence-corrected chi connectivity index (χ2v) is 6.72. The minimum absolute atomic E-state index is 0.204. The van der Waals surface area contributed by atoms with Gasteiger partial charge in [-0.1, -0.05) is 6.07 Å². The summed E-state index contributed by atoms with van der Waals surface area (Å²) in [5.74, 6) is 0.976. The number of carbonyl (C=O) groups is 1. The lowest BCUT2D eigenvalue weighted by Gasteiger charge is -2.13. The number of carbonyl (C=O) groups excluding carboxylic acids is 1. The predicted octanol–water partition coefficient (Wildman–Crippen LogP) is 1.84. The molecule has 1 aromatic carbocycles. The predicted molar refractivity (Wildman–Crippen MR) is 110 cm³/mol. The van der Waals surface area contributed by atoms with Gasteiger partial charge >= 0.3 is 0 Å². The van der Waals surface area contributed by atoms with Gasteiger partial charge in [-0.2, -0.15) is 5.10 Å². The van der Waals surface area contributed by atoms with Crippen LogP contribution in [0.2, 0.25) is 0 Å². The zero-order valence-electron chi connectivity index (χ0n) is 16.5. The maximum Gasteiger partial charge on any atom is 0.267 e. The van der Waals surface area contributed by atoms with E-state index in [1.54, 1.807) is 17.6 Å². The number of benzene rings is 1. The SMILES string of the molecule is COc1ccc(-c2ccc(=O)n(CC(=O)N[C@H](C)c3nnc4ccccn34)n2)cc1. The van der Waals surface area contributed by atoms with Crippen molar-refractivity contribution in [3.63, 3.8) is 0 Å². The van der Waals surface area contributed by atoms with Crippen LogP contribution in [0.5, 0.6) is 5.75 Å². The molecule has 9 nitrogen and oxygen atoms in total. The van der Waals surface area contributed by atoms with Crippen molar-refractivity contribution in [1.29, 1.82) is 0 Å². The van der Waals surface area contributed by atoms with Crippen LogP contribution in [0.4, 0.5) is 0 Å². The van der Waals surface area contributed by atoms with E-state index in [-0.39, 0.29) is 18.0 Å². The van der Waals surface area contributed by atoms with Crippen LogP contribution in [0.15, 0.2) is 65.6 Å². The van der Waals surface area contributed by atoms with Crippen LogP contribution in [-0.2, 0) is 11.3 Å². The number of methoxy groups -OCH3 is 1. The van der Waals surface area contributed by atoms with Crippen LogP contribution < -0.4 is 15.6 Å². The fourth-order valence-electron chi connectivity index (χ4n) is 3.12. The Balaban J connectivity index is 1.50. The van der Waals surface area contributed by atoms with Crippen molar-refractivity contribution >= 4 is 11.6 Å². The lowest BCUT2D eigenvalue weighted by molar-refractivity contribution is -0.122. The van der Waals surface area contributed by atoms with Gasteiger partial charge in [-0.3, -0.25) is 14.0 Å². The summed E-state index contributed by atoms with van der Waals surface area (Å²) in [6.45, 7) is 1.61. The van der Waals surface area contributed by atoms with Gasteiger partial charge in [0.05, 0.1) is 18.8 Å². The zero-order valence-corrected chi connectivity index (χ0v) is 16.5. The number of hydrogen-bond acceptors (Lipinski definition) is 6. The molecule has 30 heavy (non-hydrogen) atoms. The van der Waals surface area contributed by atoms with E-state index in [4.69, 9.17) is 4.74 Å². The van der Waals surface area contributed by atoms with Crippen molar-refractivity contribution in [2.75, 3.05) is 7.11 Å². The summed E-state index contributed by atoms with van der Waals surface area (Å²) >= 11 is 0. The van der Waals surface area contributed by atoms with Gasteiger partial charge in [0.2, 0.25) is 5.91 Å². The van der Waals surface area contributed by atoms with Gasteiger partial charge in [-0.05, 0) is 49.4 Å². The highest BCUT2D eigenvalue weighted by Crippen LogP contribution is 2.19. The highest BCUT2D eigenvalue weighted by Gasteiger charge is 2.16. The van der Waals surface area contributed by atoms with Crippen molar-refractivity contribution in [2.24, 2.45) is 0 Å². The van der Waals surface area contributed by atoms with Crippen molar-refractivity contribution in [1.82, 2.24) is 29.7 Å². The molecule has 1 N–H and O–H groups in total. The first-order valence-corrected chi connectivity index (χ1v) is 9.37.